The van der Waals surface area contributed by atoms with Crippen LogP contribution in [0.4, 0.5) is 0 Å². The third-order valence-electron chi connectivity index (χ3n) is 4.70. The molecule has 0 fully saturated rings. The topological polar surface area (TPSA) is 147 Å². The van der Waals surface area contributed by atoms with E-state index >= 15 is 0 Å². The molecule has 1 atom stereocenters. The molecule has 1 aromatic rings. The van der Waals surface area contributed by atoms with Crippen molar-refractivity contribution in [3.8, 4) is 0 Å². The van der Waals surface area contributed by atoms with Crippen LogP contribution in [0.15, 0.2) is 30.3 Å². The molecular weight excluding hydrogens is 448 g/mol. The second-order valence-corrected chi connectivity index (χ2v) is 7.25. The molecule has 0 saturated heterocycles. The minimum Gasteiger partial charge on any atom is -0.394 e. The Balaban J connectivity index is 0.000000852. The van der Waals surface area contributed by atoms with Crippen LogP contribution in [0.3, 0.4) is 0 Å². The van der Waals surface area contributed by atoms with Crippen LogP contribution in [0, 0.1) is 0 Å². The van der Waals surface area contributed by atoms with Gasteiger partial charge in [-0.25, -0.2) is 0 Å². The van der Waals surface area contributed by atoms with Crippen LogP contribution in [0.2, 0.25) is 0 Å². The van der Waals surface area contributed by atoms with Crippen molar-refractivity contribution < 1.29 is 49.2 Å². The average molecular weight is 489 g/mol. The molecule has 10 heteroatoms. The Kier molecular flexibility index (Phi) is 18.8. The normalized spacial score (nSPS) is 13.4. The first-order valence-corrected chi connectivity index (χ1v) is 11.5. The van der Waals surface area contributed by atoms with E-state index in [1.807, 2.05) is 12.1 Å². The number of rotatable bonds is 19. The first kappa shape index (κ1) is 30.6. The third-order valence-corrected chi connectivity index (χ3v) is 4.70. The zero-order valence-electron chi connectivity index (χ0n) is 19.7. The average Bonchev–Trinajstić information content (AvgIpc) is 3.30. The second kappa shape index (κ2) is 20.9. The van der Waals surface area contributed by atoms with Crippen molar-refractivity contribution in [2.75, 3.05) is 85.9 Å². The molecule has 1 unspecified atom stereocenters. The van der Waals surface area contributed by atoms with E-state index < -0.39 is 6.10 Å². The highest BCUT2D eigenvalue weighted by molar-refractivity contribution is 5.75. The summed E-state index contributed by atoms with van der Waals surface area (Å²) in [5, 5.41) is 42.2. The molecule has 0 heterocycles. The highest BCUT2D eigenvalue weighted by Gasteiger charge is 2.21. The van der Waals surface area contributed by atoms with Gasteiger partial charge in [-0.1, -0.05) is 30.3 Å². The van der Waals surface area contributed by atoms with Gasteiger partial charge in [0.05, 0.1) is 85.9 Å². The highest BCUT2D eigenvalue weighted by atomic mass is 16.6. The summed E-state index contributed by atoms with van der Waals surface area (Å²) in [5.74, 6) is 0. The Morgan fingerprint density at radius 2 is 1.21 bits per heavy atom. The number of ether oxygens (including phenoxy) is 5. The smallest absolute Gasteiger partial charge is 0.106 e. The monoisotopic (exact) mass is 488 g/mol. The quantitative estimate of drug-likeness (QED) is 0.160. The Morgan fingerprint density at radius 3 is 1.71 bits per heavy atom. The van der Waals surface area contributed by atoms with Gasteiger partial charge in [-0.05, 0) is 23.1 Å². The first-order chi connectivity index (χ1) is 16.7. The molecule has 34 heavy (non-hydrogen) atoms. The van der Waals surface area contributed by atoms with Gasteiger partial charge in [-0.2, -0.15) is 0 Å². The zero-order valence-corrected chi connectivity index (χ0v) is 19.7. The molecule has 1 aliphatic carbocycles. The van der Waals surface area contributed by atoms with Crippen molar-refractivity contribution in [2.24, 2.45) is 0 Å². The molecule has 0 aromatic heterocycles. The first-order valence-electron chi connectivity index (χ1n) is 11.5. The van der Waals surface area contributed by atoms with Gasteiger partial charge in [-0.3, -0.25) is 0 Å². The lowest BCUT2D eigenvalue weighted by atomic mass is 10.0. The van der Waals surface area contributed by atoms with E-state index in [1.54, 1.807) is 0 Å². The zero-order chi connectivity index (χ0) is 24.9. The summed E-state index contributed by atoms with van der Waals surface area (Å²) in [7, 11) is 0. The predicted octanol–water partition coefficient (Wildman–Crippen LogP) is -0.606. The van der Waals surface area contributed by atoms with Crippen molar-refractivity contribution in [1.82, 2.24) is 0 Å². The van der Waals surface area contributed by atoms with E-state index in [2.05, 4.69) is 18.2 Å². The van der Waals surface area contributed by atoms with E-state index in [-0.39, 0.29) is 32.5 Å². The van der Waals surface area contributed by atoms with Crippen molar-refractivity contribution in [3.05, 3.63) is 41.5 Å². The molecule has 1 aliphatic rings. The lowest BCUT2D eigenvalue weighted by molar-refractivity contribution is -0.0223. The second-order valence-electron chi connectivity index (χ2n) is 7.25. The van der Waals surface area contributed by atoms with Gasteiger partial charge in [0.15, 0.2) is 0 Å². The summed E-state index contributed by atoms with van der Waals surface area (Å²) in [6.45, 7) is 3.40. The van der Waals surface area contributed by atoms with Gasteiger partial charge in [0, 0.05) is 0 Å². The van der Waals surface area contributed by atoms with E-state index in [1.165, 1.54) is 5.56 Å². The summed E-state index contributed by atoms with van der Waals surface area (Å²) < 4.78 is 27.1. The van der Waals surface area contributed by atoms with Crippen molar-refractivity contribution in [2.45, 2.75) is 18.6 Å². The number of hydrogen-bond donors (Lipinski definition) is 5. The Bertz CT molecular complexity index is 636. The maximum Gasteiger partial charge on any atom is 0.106 e. The van der Waals surface area contributed by atoms with Gasteiger partial charge in [-0.15, -0.1) is 0 Å². The van der Waals surface area contributed by atoms with Crippen LogP contribution in [0.5, 0.6) is 0 Å². The number of hydrogen-bond acceptors (Lipinski definition) is 10. The van der Waals surface area contributed by atoms with Gasteiger partial charge in [0.1, 0.15) is 12.2 Å². The van der Waals surface area contributed by atoms with E-state index in [9.17, 15) is 5.11 Å². The number of allylic oxidation sites excluding steroid dienone is 1. The largest absolute Gasteiger partial charge is 0.394 e. The maximum absolute atomic E-state index is 9.66. The molecule has 0 bridgehead atoms. The SMILES string of the molecule is OCC(O)CO.OCCOCCOCCOCCOCCOC(CO)C1=CCc2ccccc21. The summed E-state index contributed by atoms with van der Waals surface area (Å²) >= 11 is 0. The fourth-order valence-electron chi connectivity index (χ4n) is 2.99. The summed E-state index contributed by atoms with van der Waals surface area (Å²) in [4.78, 5) is 0. The van der Waals surface area contributed by atoms with Gasteiger partial charge in [0.25, 0.3) is 0 Å². The highest BCUT2D eigenvalue weighted by Crippen LogP contribution is 2.30. The van der Waals surface area contributed by atoms with Crippen LogP contribution < -0.4 is 0 Å². The molecule has 0 spiro atoms. The molecule has 0 saturated carbocycles. The minimum atomic E-state index is -0.954. The van der Waals surface area contributed by atoms with Crippen LogP contribution in [-0.4, -0.2) is 124 Å². The Labute approximate surface area is 201 Å². The summed E-state index contributed by atoms with van der Waals surface area (Å²) in [6, 6.07) is 8.21. The lowest BCUT2D eigenvalue weighted by Gasteiger charge is -2.18. The van der Waals surface area contributed by atoms with Crippen LogP contribution in [0.25, 0.3) is 5.57 Å². The molecule has 0 amide bonds. The lowest BCUT2D eigenvalue weighted by Crippen LogP contribution is -2.22. The Hall–Kier alpha value is -1.44. The van der Waals surface area contributed by atoms with Crippen LogP contribution in [0.1, 0.15) is 11.1 Å². The molecule has 0 aliphatic heterocycles. The van der Waals surface area contributed by atoms with Crippen molar-refractivity contribution >= 4 is 5.57 Å². The predicted molar refractivity (Wildman–Crippen MR) is 125 cm³/mol. The maximum atomic E-state index is 9.66. The molecule has 2 rings (SSSR count). The van der Waals surface area contributed by atoms with Gasteiger partial charge < -0.3 is 49.2 Å². The number of aliphatic hydroxyl groups is 5. The fraction of sp³-hybridized carbons (Fsp3) is 0.667. The minimum absolute atomic E-state index is 0.0284. The van der Waals surface area contributed by atoms with E-state index in [0.29, 0.717) is 59.5 Å². The molecule has 10 nitrogen and oxygen atoms in total. The number of aliphatic hydroxyl groups excluding tert-OH is 5. The summed E-state index contributed by atoms with van der Waals surface area (Å²) in [5.41, 5.74) is 3.50. The van der Waals surface area contributed by atoms with Crippen LogP contribution >= 0.6 is 0 Å². The molecule has 5 N–H and O–H groups in total. The fourth-order valence-corrected chi connectivity index (χ4v) is 2.99. The number of benzene rings is 1. The van der Waals surface area contributed by atoms with Crippen molar-refractivity contribution in [3.63, 3.8) is 0 Å². The van der Waals surface area contributed by atoms with Gasteiger partial charge in [0.2, 0.25) is 0 Å². The van der Waals surface area contributed by atoms with Crippen LogP contribution in [-0.2, 0) is 30.1 Å². The third kappa shape index (κ3) is 13.4. The van der Waals surface area contributed by atoms with Gasteiger partial charge >= 0.3 is 0 Å². The van der Waals surface area contributed by atoms with E-state index in [4.69, 9.17) is 44.1 Å². The standard InChI is InChI=1S/C21H32O7.C3H8O3/c22-7-8-24-9-10-25-11-12-26-13-14-27-15-16-28-21(17-23)20-6-5-18-3-1-2-4-19(18)20;4-1-3(6)2-5/h1-4,6,21-23H,5,7-17H2;3-6H,1-2H2. The van der Waals surface area contributed by atoms with E-state index in [0.717, 1.165) is 17.6 Å². The van der Waals surface area contributed by atoms with Crippen molar-refractivity contribution in [1.29, 1.82) is 0 Å². The molecule has 196 valence electrons. The Morgan fingerprint density at radius 1 is 0.676 bits per heavy atom. The molecule has 1 aromatic carbocycles. The molecule has 0 radical (unpaired) electrons. The number of fused-ring (bicyclic) bond motifs is 1. The summed E-state index contributed by atoms with van der Waals surface area (Å²) in [6.07, 6.45) is 1.74. The molecular formula is C24H40O10.